The minimum atomic E-state index is -3.56. The summed E-state index contributed by atoms with van der Waals surface area (Å²) in [5.74, 6) is 0.238. The first-order valence-corrected chi connectivity index (χ1v) is 11.0. The number of anilines is 1. The van der Waals surface area contributed by atoms with Crippen LogP contribution in [-0.4, -0.2) is 44.1 Å². The summed E-state index contributed by atoms with van der Waals surface area (Å²) in [6.07, 6.45) is 4.74. The van der Waals surface area contributed by atoms with Crippen LogP contribution in [0.4, 0.5) is 11.4 Å². The summed E-state index contributed by atoms with van der Waals surface area (Å²) >= 11 is 0. The molecule has 0 heterocycles. The number of nitrogens with one attached hydrogen (secondary N) is 1. The summed E-state index contributed by atoms with van der Waals surface area (Å²) in [5, 5.41) is 0. The highest BCUT2D eigenvalue weighted by molar-refractivity contribution is 7.93. The Kier molecular flexibility index (Phi) is 5.14. The quantitative estimate of drug-likeness (QED) is 0.820. The van der Waals surface area contributed by atoms with Crippen LogP contribution >= 0.6 is 0 Å². The average molecular weight is 346 g/mol. The molecule has 1 atom stereocenters. The first-order chi connectivity index (χ1) is 10.2. The van der Waals surface area contributed by atoms with Gasteiger partial charge in [0.05, 0.1) is 23.2 Å². The Morgan fingerprint density at radius 1 is 1.27 bits per heavy atom. The van der Waals surface area contributed by atoms with Gasteiger partial charge in [-0.25, -0.2) is 12.6 Å². The van der Waals surface area contributed by atoms with E-state index in [4.69, 9.17) is 4.74 Å². The number of benzene rings is 1. The minimum absolute atomic E-state index is 0.0872. The van der Waals surface area contributed by atoms with Crippen molar-refractivity contribution in [2.24, 2.45) is 10.3 Å². The molecule has 1 unspecified atom stereocenters. The summed E-state index contributed by atoms with van der Waals surface area (Å²) in [5.41, 5.74) is 0.714. The number of hydrogen-bond donors (Lipinski definition) is 1. The summed E-state index contributed by atoms with van der Waals surface area (Å²) in [7, 11) is -4.39. The molecule has 0 saturated heterocycles. The van der Waals surface area contributed by atoms with Gasteiger partial charge < -0.3 is 4.74 Å². The molecule has 0 aliphatic heterocycles. The lowest BCUT2D eigenvalue weighted by atomic mass is 10.3. The summed E-state index contributed by atoms with van der Waals surface area (Å²) in [6, 6.07) is 6.68. The van der Waals surface area contributed by atoms with Gasteiger partial charge in [-0.3, -0.25) is 4.72 Å². The van der Waals surface area contributed by atoms with Crippen molar-refractivity contribution in [3.05, 3.63) is 24.3 Å². The van der Waals surface area contributed by atoms with E-state index in [1.807, 2.05) is 0 Å². The van der Waals surface area contributed by atoms with Crippen molar-refractivity contribution in [3.8, 4) is 0 Å². The van der Waals surface area contributed by atoms with Gasteiger partial charge in [-0.15, -0.1) is 0 Å². The fourth-order valence-electron chi connectivity index (χ4n) is 2.17. The zero-order chi connectivity index (χ0) is 16.4. The van der Waals surface area contributed by atoms with E-state index >= 15 is 0 Å². The van der Waals surface area contributed by atoms with Crippen molar-refractivity contribution < 1.29 is 17.4 Å². The maximum Gasteiger partial charge on any atom is 0.235 e. The van der Waals surface area contributed by atoms with Crippen molar-refractivity contribution in [1.82, 2.24) is 0 Å². The second kappa shape index (κ2) is 6.55. The lowest BCUT2D eigenvalue weighted by molar-refractivity contribution is 0.103. The van der Waals surface area contributed by atoms with Crippen molar-refractivity contribution in [2.45, 2.75) is 18.9 Å². The summed E-state index contributed by atoms with van der Waals surface area (Å²) < 4.78 is 48.4. The summed E-state index contributed by atoms with van der Waals surface area (Å²) in [6.45, 7) is 0. The van der Waals surface area contributed by atoms with E-state index in [0.29, 0.717) is 17.3 Å². The van der Waals surface area contributed by atoms with Gasteiger partial charge in [-0.2, -0.15) is 4.36 Å². The fourth-order valence-corrected chi connectivity index (χ4v) is 4.23. The molecule has 22 heavy (non-hydrogen) atoms. The van der Waals surface area contributed by atoms with Crippen LogP contribution in [0.2, 0.25) is 0 Å². The smallest absolute Gasteiger partial charge is 0.235 e. The van der Waals surface area contributed by atoms with Crippen LogP contribution in [0.5, 0.6) is 0 Å². The van der Waals surface area contributed by atoms with E-state index in [9.17, 15) is 12.6 Å². The summed E-state index contributed by atoms with van der Waals surface area (Å²) in [4.78, 5) is 0. The van der Waals surface area contributed by atoms with Crippen molar-refractivity contribution in [2.75, 3.05) is 30.1 Å². The average Bonchev–Trinajstić information content (AvgIpc) is 3.21. The Labute approximate surface area is 132 Å². The second-order valence-electron chi connectivity index (χ2n) is 5.78. The van der Waals surface area contributed by atoms with Crippen molar-refractivity contribution in [3.63, 3.8) is 0 Å². The van der Waals surface area contributed by atoms with Gasteiger partial charge in [0, 0.05) is 29.4 Å². The van der Waals surface area contributed by atoms with Gasteiger partial charge in [-0.1, -0.05) is 12.1 Å². The van der Waals surface area contributed by atoms with Crippen LogP contribution in [0.3, 0.4) is 0 Å². The number of hydrogen-bond acceptors (Lipinski definition) is 5. The maximum absolute atomic E-state index is 12.3. The molecular weight excluding hydrogens is 324 g/mol. The highest BCUT2D eigenvalue weighted by Crippen LogP contribution is 2.35. The number of nitrogens with zero attached hydrogens (tertiary/aromatic N) is 1. The number of methoxy groups -OCH3 is 1. The zero-order valence-corrected chi connectivity index (χ0v) is 14.6. The third-order valence-electron chi connectivity index (χ3n) is 3.32. The first-order valence-electron chi connectivity index (χ1n) is 6.99. The largest absolute Gasteiger partial charge is 0.380 e. The lowest BCUT2D eigenvalue weighted by Crippen LogP contribution is -2.29. The molecule has 6 nitrogen and oxygen atoms in total. The van der Waals surface area contributed by atoms with Gasteiger partial charge in [0.2, 0.25) is 10.0 Å². The van der Waals surface area contributed by atoms with Gasteiger partial charge in [0.15, 0.2) is 0 Å². The molecule has 1 aliphatic rings. The monoisotopic (exact) mass is 346 g/mol. The van der Waals surface area contributed by atoms with Gasteiger partial charge in [0.25, 0.3) is 0 Å². The first kappa shape index (κ1) is 17.2. The van der Waals surface area contributed by atoms with E-state index in [0.717, 1.165) is 12.8 Å². The lowest BCUT2D eigenvalue weighted by Gasteiger charge is -2.16. The van der Waals surface area contributed by atoms with Crippen molar-refractivity contribution in [1.29, 1.82) is 0 Å². The van der Waals surface area contributed by atoms with E-state index in [-0.39, 0.29) is 11.9 Å². The molecule has 0 spiro atoms. The van der Waals surface area contributed by atoms with Crippen LogP contribution in [0.15, 0.2) is 28.6 Å². The third kappa shape index (κ3) is 5.26. The van der Waals surface area contributed by atoms with Crippen LogP contribution in [0.1, 0.15) is 12.8 Å². The molecule has 2 rings (SSSR count). The highest BCUT2D eigenvalue weighted by atomic mass is 32.2. The number of ether oxygens (including phenoxy) is 1. The molecule has 1 aromatic rings. The molecule has 0 aromatic heterocycles. The Balaban J connectivity index is 2.21. The molecule has 8 heteroatoms. The molecule has 1 N–H and O–H groups in total. The molecular formula is C14H22N2O4S2. The van der Waals surface area contributed by atoms with E-state index in [2.05, 4.69) is 9.08 Å². The SMILES string of the molecule is COC(CS(=O)(=O)Nc1ccccc1N=S(C)(C)=O)C1CC1. The molecule has 1 aromatic carbocycles. The topological polar surface area (TPSA) is 84.8 Å². The molecule has 0 amide bonds. The normalized spacial score (nSPS) is 17.0. The Morgan fingerprint density at radius 2 is 1.91 bits per heavy atom. The van der Waals surface area contributed by atoms with E-state index in [1.54, 1.807) is 24.3 Å². The molecule has 0 bridgehead atoms. The molecule has 0 radical (unpaired) electrons. The number of para-hydroxylation sites is 1. The molecule has 124 valence electrons. The number of sulfonamides is 1. The Hall–Kier alpha value is -1.12. The Morgan fingerprint density at radius 3 is 2.45 bits per heavy atom. The highest BCUT2D eigenvalue weighted by Gasteiger charge is 2.34. The van der Waals surface area contributed by atoms with E-state index in [1.165, 1.54) is 19.6 Å². The van der Waals surface area contributed by atoms with Gasteiger partial charge >= 0.3 is 0 Å². The third-order valence-corrected chi connectivity index (χ3v) is 5.26. The Bertz CT molecular complexity index is 740. The standard InChI is InChI=1S/C14H22N2O4S2/c1-20-14(11-8-9-11)10-22(18,19)16-13-7-5-4-6-12(13)15-21(2,3)17/h4-7,11,14,16H,8-10H2,1-3H3. The van der Waals surface area contributed by atoms with Crippen LogP contribution in [0.25, 0.3) is 0 Å². The number of rotatable bonds is 7. The van der Waals surface area contributed by atoms with Crippen molar-refractivity contribution >= 4 is 31.1 Å². The van der Waals surface area contributed by atoms with Crippen LogP contribution < -0.4 is 4.72 Å². The zero-order valence-electron chi connectivity index (χ0n) is 13.0. The molecule has 1 saturated carbocycles. The van der Waals surface area contributed by atoms with Gasteiger partial charge in [-0.05, 0) is 30.9 Å². The fraction of sp³-hybridized carbons (Fsp3) is 0.571. The van der Waals surface area contributed by atoms with Crippen LogP contribution in [0, 0.1) is 5.92 Å². The minimum Gasteiger partial charge on any atom is -0.380 e. The maximum atomic E-state index is 12.3. The molecule has 1 aliphatic carbocycles. The van der Waals surface area contributed by atoms with Gasteiger partial charge in [0.1, 0.15) is 0 Å². The second-order valence-corrected chi connectivity index (χ2v) is 10.1. The van der Waals surface area contributed by atoms with Crippen LogP contribution in [-0.2, 0) is 24.5 Å². The van der Waals surface area contributed by atoms with E-state index < -0.39 is 19.8 Å². The predicted molar refractivity (Wildman–Crippen MR) is 89.5 cm³/mol. The molecule has 1 fully saturated rings. The predicted octanol–water partition coefficient (Wildman–Crippen LogP) is 2.21.